The van der Waals surface area contributed by atoms with E-state index in [0.717, 1.165) is 21.3 Å². The molecule has 0 bridgehead atoms. The first-order chi connectivity index (χ1) is 10.0. The number of ether oxygens (including phenoxy) is 2. The molecule has 0 atom stereocenters. The highest BCUT2D eigenvalue weighted by atomic mass is 79.9. The first-order valence-corrected chi connectivity index (χ1v) is 7.71. The van der Waals surface area contributed by atoms with Gasteiger partial charge in [0.25, 0.3) is 0 Å². The van der Waals surface area contributed by atoms with Gasteiger partial charge in [0.1, 0.15) is 5.75 Å². The summed E-state index contributed by atoms with van der Waals surface area (Å²) in [4.78, 5) is 0. The summed E-state index contributed by atoms with van der Waals surface area (Å²) in [6.07, 6.45) is 4.19. The van der Waals surface area contributed by atoms with E-state index in [4.69, 9.17) is 9.47 Å². The average Bonchev–Trinajstić information content (AvgIpc) is 2.45. The molecule has 2 nitrogen and oxygen atoms in total. The molecule has 21 heavy (non-hydrogen) atoms. The van der Waals surface area contributed by atoms with Gasteiger partial charge in [-0.15, -0.1) is 0 Å². The molecule has 0 saturated heterocycles. The predicted octanol–water partition coefficient (Wildman–Crippen LogP) is 5.26. The minimum atomic E-state index is -0.555. The molecule has 0 unspecified atom stereocenters. The lowest BCUT2D eigenvalue weighted by Gasteiger charge is -2.32. The molecule has 2 aromatic carbocycles. The highest BCUT2D eigenvalue weighted by Crippen LogP contribution is 2.32. The lowest BCUT2D eigenvalue weighted by Crippen LogP contribution is -2.35. The number of hydrogen-bond donors (Lipinski definition) is 0. The number of fused-ring (bicyclic) bond motifs is 1. The molecule has 0 amide bonds. The standard InChI is InChI=1S/C18H17BrO2/c1-18(2)20-12-15-8-5-14(11-17(15)21-18)4-3-13-6-9-16(19)10-7-13/h3-11H,12H2,1-2H3. The zero-order valence-electron chi connectivity index (χ0n) is 12.1. The summed E-state index contributed by atoms with van der Waals surface area (Å²) in [5.41, 5.74) is 3.38. The van der Waals surface area contributed by atoms with Crippen LogP contribution in [-0.4, -0.2) is 5.79 Å². The minimum Gasteiger partial charge on any atom is -0.463 e. The quantitative estimate of drug-likeness (QED) is 0.691. The summed E-state index contributed by atoms with van der Waals surface area (Å²) in [5.74, 6) is 0.352. The molecule has 0 radical (unpaired) electrons. The summed E-state index contributed by atoms with van der Waals surface area (Å²) in [7, 11) is 0. The predicted molar refractivity (Wildman–Crippen MR) is 89.0 cm³/mol. The van der Waals surface area contributed by atoms with Crippen LogP contribution in [0.15, 0.2) is 46.9 Å². The van der Waals surface area contributed by atoms with Crippen molar-refractivity contribution in [2.45, 2.75) is 26.2 Å². The fourth-order valence-electron chi connectivity index (χ4n) is 2.20. The molecule has 108 valence electrons. The second-order valence-electron chi connectivity index (χ2n) is 5.54. The molecule has 0 fully saturated rings. The molecular weight excluding hydrogens is 328 g/mol. The molecule has 0 spiro atoms. The van der Waals surface area contributed by atoms with Crippen LogP contribution in [0.25, 0.3) is 12.2 Å². The van der Waals surface area contributed by atoms with E-state index in [-0.39, 0.29) is 0 Å². The van der Waals surface area contributed by atoms with Gasteiger partial charge >= 0.3 is 0 Å². The normalized spacial score (nSPS) is 16.5. The van der Waals surface area contributed by atoms with Crippen LogP contribution in [0.1, 0.15) is 30.5 Å². The van der Waals surface area contributed by atoms with Crippen LogP contribution in [0.5, 0.6) is 5.75 Å². The van der Waals surface area contributed by atoms with Crippen molar-refractivity contribution >= 4 is 28.1 Å². The highest BCUT2D eigenvalue weighted by Gasteiger charge is 2.26. The van der Waals surface area contributed by atoms with Crippen LogP contribution in [0.2, 0.25) is 0 Å². The van der Waals surface area contributed by atoms with Crippen LogP contribution < -0.4 is 4.74 Å². The van der Waals surface area contributed by atoms with Gasteiger partial charge in [0.05, 0.1) is 6.61 Å². The molecule has 3 heteroatoms. The van der Waals surface area contributed by atoms with Crippen LogP contribution in [-0.2, 0) is 11.3 Å². The number of benzene rings is 2. The molecule has 3 rings (SSSR count). The van der Waals surface area contributed by atoms with E-state index in [1.165, 1.54) is 5.56 Å². The number of hydrogen-bond acceptors (Lipinski definition) is 2. The van der Waals surface area contributed by atoms with Crippen molar-refractivity contribution in [3.8, 4) is 5.75 Å². The zero-order valence-corrected chi connectivity index (χ0v) is 13.7. The first kappa shape index (κ1) is 14.4. The number of rotatable bonds is 2. The van der Waals surface area contributed by atoms with E-state index >= 15 is 0 Å². The van der Waals surface area contributed by atoms with E-state index in [9.17, 15) is 0 Å². The molecule has 2 aromatic rings. The van der Waals surface area contributed by atoms with Crippen LogP contribution in [0.4, 0.5) is 0 Å². The third-order valence-corrected chi connectivity index (χ3v) is 3.89. The van der Waals surface area contributed by atoms with Crippen LogP contribution in [0.3, 0.4) is 0 Å². The van der Waals surface area contributed by atoms with E-state index < -0.39 is 5.79 Å². The van der Waals surface area contributed by atoms with Crippen molar-refractivity contribution in [3.63, 3.8) is 0 Å². The van der Waals surface area contributed by atoms with Crippen LogP contribution in [0, 0.1) is 0 Å². The van der Waals surface area contributed by atoms with Gasteiger partial charge in [-0.2, -0.15) is 0 Å². The van der Waals surface area contributed by atoms with Crippen molar-refractivity contribution in [3.05, 3.63) is 63.6 Å². The van der Waals surface area contributed by atoms with Gasteiger partial charge in [-0.25, -0.2) is 0 Å². The van der Waals surface area contributed by atoms with Crippen molar-refractivity contribution < 1.29 is 9.47 Å². The largest absolute Gasteiger partial charge is 0.463 e. The smallest absolute Gasteiger partial charge is 0.205 e. The monoisotopic (exact) mass is 344 g/mol. The Morgan fingerprint density at radius 2 is 1.67 bits per heavy atom. The summed E-state index contributed by atoms with van der Waals surface area (Å²) in [6.45, 7) is 4.46. The van der Waals surface area contributed by atoms with E-state index in [1.54, 1.807) is 0 Å². The fraction of sp³-hybridized carbons (Fsp3) is 0.222. The van der Waals surface area contributed by atoms with Crippen molar-refractivity contribution in [2.75, 3.05) is 0 Å². The highest BCUT2D eigenvalue weighted by molar-refractivity contribution is 9.10. The lowest BCUT2D eigenvalue weighted by atomic mass is 10.1. The lowest BCUT2D eigenvalue weighted by molar-refractivity contribution is -0.180. The third-order valence-electron chi connectivity index (χ3n) is 3.36. The van der Waals surface area contributed by atoms with Crippen molar-refractivity contribution in [2.24, 2.45) is 0 Å². The molecule has 0 N–H and O–H groups in total. The van der Waals surface area contributed by atoms with Crippen molar-refractivity contribution in [1.82, 2.24) is 0 Å². The molecular formula is C18H17BrO2. The van der Waals surface area contributed by atoms with E-state index in [2.05, 4.69) is 58.4 Å². The SMILES string of the molecule is CC1(C)OCc2ccc(C=Cc3ccc(Br)cc3)cc2O1. The third kappa shape index (κ3) is 3.55. The molecule has 1 aliphatic heterocycles. The van der Waals surface area contributed by atoms with Gasteiger partial charge < -0.3 is 9.47 Å². The van der Waals surface area contributed by atoms with E-state index in [0.29, 0.717) is 6.61 Å². The second kappa shape index (κ2) is 5.66. The van der Waals surface area contributed by atoms with Gasteiger partial charge in [0.15, 0.2) is 0 Å². The van der Waals surface area contributed by atoms with Gasteiger partial charge in [-0.05, 0) is 29.3 Å². The Balaban J connectivity index is 1.82. The fourth-order valence-corrected chi connectivity index (χ4v) is 2.47. The summed E-state index contributed by atoms with van der Waals surface area (Å²) >= 11 is 3.44. The Hall–Kier alpha value is -1.58. The summed E-state index contributed by atoms with van der Waals surface area (Å²) in [6, 6.07) is 14.4. The zero-order chi connectivity index (χ0) is 14.9. The van der Waals surface area contributed by atoms with E-state index in [1.807, 2.05) is 26.0 Å². The molecule has 0 saturated carbocycles. The molecule has 0 aromatic heterocycles. The Morgan fingerprint density at radius 1 is 1.00 bits per heavy atom. The van der Waals surface area contributed by atoms with Gasteiger partial charge in [0, 0.05) is 23.9 Å². The maximum absolute atomic E-state index is 5.87. The average molecular weight is 345 g/mol. The second-order valence-corrected chi connectivity index (χ2v) is 6.46. The number of halogens is 1. The van der Waals surface area contributed by atoms with Crippen LogP contribution >= 0.6 is 15.9 Å². The van der Waals surface area contributed by atoms with Gasteiger partial charge in [0.2, 0.25) is 5.79 Å². The van der Waals surface area contributed by atoms with Crippen molar-refractivity contribution in [1.29, 1.82) is 0 Å². The minimum absolute atomic E-state index is 0.555. The Labute approximate surface area is 133 Å². The Kier molecular flexibility index (Phi) is 3.87. The topological polar surface area (TPSA) is 18.5 Å². The maximum atomic E-state index is 5.87. The first-order valence-electron chi connectivity index (χ1n) is 6.91. The molecule has 1 aliphatic rings. The maximum Gasteiger partial charge on any atom is 0.205 e. The Bertz CT molecular complexity index is 672. The summed E-state index contributed by atoms with van der Waals surface area (Å²) < 4.78 is 12.6. The molecule has 0 aliphatic carbocycles. The summed E-state index contributed by atoms with van der Waals surface area (Å²) in [5, 5.41) is 0. The van der Waals surface area contributed by atoms with Gasteiger partial charge in [-0.3, -0.25) is 0 Å². The molecule has 1 heterocycles. The van der Waals surface area contributed by atoms with Gasteiger partial charge in [-0.1, -0.05) is 52.3 Å². The Morgan fingerprint density at radius 3 is 2.43 bits per heavy atom.